The molecule has 0 saturated carbocycles. The highest BCUT2D eigenvalue weighted by Crippen LogP contribution is 2.40. The molecule has 2 fully saturated rings. The molecule has 2 saturated heterocycles. The van der Waals surface area contributed by atoms with Crippen LogP contribution in [0.4, 0.5) is 0 Å². The topological polar surface area (TPSA) is 42.0 Å². The van der Waals surface area contributed by atoms with Gasteiger partial charge >= 0.3 is 0 Å². The predicted octanol–water partition coefficient (Wildman–Crippen LogP) is 1.73. The Hall–Kier alpha value is -0.120. The number of hydrogen-bond acceptors (Lipinski definition) is 3. The largest absolute Gasteiger partial charge is 0.388 e. The van der Waals surface area contributed by atoms with E-state index in [-0.39, 0.29) is 24.4 Å². The highest BCUT2D eigenvalue weighted by atomic mass is 16.7. The molecule has 1 N–H and O–H groups in total. The molecule has 88 valence electrons. The molecule has 2 heterocycles. The average Bonchev–Trinajstić information content (AvgIpc) is 3.00. The molecule has 3 heteroatoms. The highest BCUT2D eigenvalue weighted by molar-refractivity contribution is 5.03. The van der Waals surface area contributed by atoms with Crippen LogP contribution in [-0.2, 0) is 9.47 Å². The Morgan fingerprint density at radius 1 is 1.20 bits per heavy atom. The molecule has 2 rings (SSSR count). The van der Waals surface area contributed by atoms with E-state index in [9.17, 15) is 5.11 Å². The zero-order chi connectivity index (χ0) is 11.0. The summed E-state index contributed by atoms with van der Waals surface area (Å²) in [5.41, 5.74) is 0. The van der Waals surface area contributed by atoms with Crippen molar-refractivity contribution in [1.82, 2.24) is 0 Å². The first-order chi connectivity index (χ1) is 7.19. The molecule has 0 spiro atoms. The minimum atomic E-state index is -0.414. The van der Waals surface area contributed by atoms with Gasteiger partial charge in [0.15, 0.2) is 0 Å². The Morgan fingerprint density at radius 2 is 1.93 bits per heavy atom. The van der Waals surface area contributed by atoms with Crippen LogP contribution in [0.3, 0.4) is 0 Å². The van der Waals surface area contributed by atoms with Gasteiger partial charge in [0.25, 0.3) is 0 Å². The van der Waals surface area contributed by atoms with E-state index in [1.165, 1.54) is 0 Å². The molecule has 0 aromatic carbocycles. The lowest BCUT2D eigenvalue weighted by Gasteiger charge is -2.34. The van der Waals surface area contributed by atoms with Crippen LogP contribution in [0.5, 0.6) is 0 Å². The van der Waals surface area contributed by atoms with Crippen molar-refractivity contribution in [3.63, 3.8) is 0 Å². The quantitative estimate of drug-likeness (QED) is 0.725. The van der Waals surface area contributed by atoms with Crippen LogP contribution in [0.1, 0.15) is 40.0 Å². The molecule has 15 heavy (non-hydrogen) atoms. The third kappa shape index (κ3) is 2.05. The monoisotopic (exact) mass is 214 g/mol. The van der Waals surface area contributed by atoms with E-state index in [4.69, 9.17) is 9.47 Å². The van der Waals surface area contributed by atoms with Crippen molar-refractivity contribution in [3.05, 3.63) is 0 Å². The molecule has 3 nitrogen and oxygen atoms in total. The minimum Gasteiger partial charge on any atom is -0.388 e. The molecule has 2 aliphatic heterocycles. The molecule has 0 bridgehead atoms. The van der Waals surface area contributed by atoms with Crippen molar-refractivity contribution in [1.29, 1.82) is 0 Å². The van der Waals surface area contributed by atoms with Gasteiger partial charge < -0.3 is 14.6 Å². The van der Waals surface area contributed by atoms with Gasteiger partial charge in [0.2, 0.25) is 0 Å². The fourth-order valence-electron chi connectivity index (χ4n) is 2.74. The van der Waals surface area contributed by atoms with Crippen molar-refractivity contribution in [3.8, 4) is 0 Å². The molecule has 0 aromatic rings. The smallest absolute Gasteiger partial charge is 0.115 e. The molecule has 0 amide bonds. The lowest BCUT2D eigenvalue weighted by Crippen LogP contribution is -2.47. The summed E-state index contributed by atoms with van der Waals surface area (Å²) in [6.45, 7) is 6.39. The third-order valence-electron chi connectivity index (χ3n) is 3.72. The van der Waals surface area contributed by atoms with E-state index in [2.05, 4.69) is 13.8 Å². The second-order valence-electron chi connectivity index (χ2n) is 4.82. The lowest BCUT2D eigenvalue weighted by molar-refractivity contribution is -0.121. The van der Waals surface area contributed by atoms with E-state index < -0.39 is 6.10 Å². The zero-order valence-electron chi connectivity index (χ0n) is 9.85. The van der Waals surface area contributed by atoms with Gasteiger partial charge in [-0.25, -0.2) is 0 Å². The zero-order valence-corrected chi connectivity index (χ0v) is 9.85. The van der Waals surface area contributed by atoms with Crippen molar-refractivity contribution < 1.29 is 14.6 Å². The van der Waals surface area contributed by atoms with Crippen LogP contribution in [0.25, 0.3) is 0 Å². The summed E-state index contributed by atoms with van der Waals surface area (Å²) in [5, 5.41) is 10.1. The Kier molecular flexibility index (Phi) is 3.33. The first kappa shape index (κ1) is 11.4. The number of ether oxygens (including phenoxy) is 2. The summed E-state index contributed by atoms with van der Waals surface area (Å²) in [7, 11) is 0. The fourth-order valence-corrected chi connectivity index (χ4v) is 2.74. The Morgan fingerprint density at radius 3 is 2.53 bits per heavy atom. The summed E-state index contributed by atoms with van der Waals surface area (Å²) in [6.07, 6.45) is 3.25. The van der Waals surface area contributed by atoms with Crippen LogP contribution in [0.15, 0.2) is 0 Å². The lowest BCUT2D eigenvalue weighted by atomic mass is 9.87. The molecular formula is C12H22O3. The first-order valence-corrected chi connectivity index (χ1v) is 6.18. The summed E-state index contributed by atoms with van der Waals surface area (Å²) in [4.78, 5) is 0. The molecule has 0 aromatic heterocycles. The molecule has 6 unspecified atom stereocenters. The number of aliphatic hydroxyl groups is 1. The number of hydrogen-bond donors (Lipinski definition) is 1. The van der Waals surface area contributed by atoms with E-state index in [1.54, 1.807) is 0 Å². The number of fused-ring (bicyclic) bond motifs is 1. The maximum Gasteiger partial charge on any atom is 0.115 e. The average molecular weight is 214 g/mol. The number of rotatable bonds is 4. The Balaban J connectivity index is 1.99. The van der Waals surface area contributed by atoms with Gasteiger partial charge in [-0.3, -0.25) is 0 Å². The van der Waals surface area contributed by atoms with Crippen molar-refractivity contribution in [2.24, 2.45) is 5.92 Å². The molecular weight excluding hydrogens is 192 g/mol. The first-order valence-electron chi connectivity index (χ1n) is 6.18. The molecule has 0 aliphatic carbocycles. The van der Waals surface area contributed by atoms with E-state index >= 15 is 0 Å². The van der Waals surface area contributed by atoms with Crippen molar-refractivity contribution in [2.45, 2.75) is 70.6 Å². The second-order valence-corrected chi connectivity index (χ2v) is 4.82. The summed E-state index contributed by atoms with van der Waals surface area (Å²) in [5.74, 6) is 0.470. The van der Waals surface area contributed by atoms with Crippen LogP contribution >= 0.6 is 0 Å². The Bertz CT molecular complexity index is 219. The fraction of sp³-hybridized carbons (Fsp3) is 1.00. The van der Waals surface area contributed by atoms with Gasteiger partial charge in [-0.15, -0.1) is 0 Å². The van der Waals surface area contributed by atoms with E-state index in [0.717, 1.165) is 19.3 Å². The molecule has 6 atom stereocenters. The van der Waals surface area contributed by atoms with Crippen molar-refractivity contribution in [2.75, 3.05) is 0 Å². The highest BCUT2D eigenvalue weighted by Gasteiger charge is 2.56. The number of aliphatic hydroxyl groups excluding tert-OH is 1. The molecule has 0 radical (unpaired) electrons. The van der Waals surface area contributed by atoms with Gasteiger partial charge in [-0.2, -0.15) is 0 Å². The van der Waals surface area contributed by atoms with E-state index in [0.29, 0.717) is 5.92 Å². The normalized spacial score (nSPS) is 46.0. The minimum absolute atomic E-state index is 0.0197. The predicted molar refractivity (Wildman–Crippen MR) is 57.7 cm³/mol. The summed E-state index contributed by atoms with van der Waals surface area (Å²) in [6, 6.07) is 0. The third-order valence-corrected chi connectivity index (χ3v) is 3.72. The maximum absolute atomic E-state index is 10.1. The van der Waals surface area contributed by atoms with Crippen LogP contribution in [0.2, 0.25) is 0 Å². The van der Waals surface area contributed by atoms with Gasteiger partial charge in [-0.05, 0) is 19.3 Å². The van der Waals surface area contributed by atoms with Gasteiger partial charge in [0, 0.05) is 0 Å². The SMILES string of the molecule is CCCC(CC)C1OC(C)C2OC2C1O. The standard InChI is InChI=1S/C12H22O3/c1-4-6-8(5-2)11-9(13)12-10(15-12)7(3)14-11/h7-13H,4-6H2,1-3H3. The summed E-state index contributed by atoms with van der Waals surface area (Å²) >= 11 is 0. The summed E-state index contributed by atoms with van der Waals surface area (Å²) < 4.78 is 11.3. The van der Waals surface area contributed by atoms with Gasteiger partial charge in [0.1, 0.15) is 18.3 Å². The van der Waals surface area contributed by atoms with Gasteiger partial charge in [0.05, 0.1) is 12.2 Å². The maximum atomic E-state index is 10.1. The Labute approximate surface area is 91.8 Å². The molecule has 2 aliphatic rings. The number of epoxide rings is 1. The van der Waals surface area contributed by atoms with E-state index in [1.807, 2.05) is 6.92 Å². The van der Waals surface area contributed by atoms with Crippen LogP contribution in [0, 0.1) is 5.92 Å². The van der Waals surface area contributed by atoms with Crippen LogP contribution < -0.4 is 0 Å². The van der Waals surface area contributed by atoms with Gasteiger partial charge in [-0.1, -0.05) is 26.7 Å². The van der Waals surface area contributed by atoms with Crippen molar-refractivity contribution >= 4 is 0 Å². The van der Waals surface area contributed by atoms with Crippen LogP contribution in [-0.4, -0.2) is 35.6 Å². The second kappa shape index (κ2) is 4.40.